The molecule has 4 rings (SSSR count). The third-order valence-corrected chi connectivity index (χ3v) is 4.08. The van der Waals surface area contributed by atoms with Gasteiger partial charge in [0.25, 0.3) is 0 Å². The summed E-state index contributed by atoms with van der Waals surface area (Å²) in [5, 5.41) is 40.4. The van der Waals surface area contributed by atoms with Crippen molar-refractivity contribution in [2.45, 2.75) is 12.5 Å². The van der Waals surface area contributed by atoms with E-state index in [0.717, 1.165) is 0 Å². The predicted octanol–water partition coefficient (Wildman–Crippen LogP) is 3.37. The van der Waals surface area contributed by atoms with Crippen molar-refractivity contribution in [2.24, 2.45) is 0 Å². The van der Waals surface area contributed by atoms with Gasteiger partial charge in [-0.15, -0.1) is 0 Å². The Labute approximate surface area is 142 Å². The van der Waals surface area contributed by atoms with Crippen LogP contribution >= 0.6 is 0 Å². The number of rotatable bonds is 1. The first-order valence-corrected chi connectivity index (χ1v) is 7.70. The van der Waals surface area contributed by atoms with Crippen LogP contribution in [0.15, 0.2) is 40.8 Å². The Hall–Kier alpha value is -3.12. The van der Waals surface area contributed by atoms with Crippen molar-refractivity contribution in [1.29, 1.82) is 0 Å². The summed E-state index contributed by atoms with van der Waals surface area (Å²) in [6.45, 7) is 1.61. The van der Waals surface area contributed by atoms with Gasteiger partial charge in [-0.25, -0.2) is 0 Å². The lowest BCUT2D eigenvalue weighted by Crippen LogP contribution is -2.28. The SMILES string of the molecule is C[C@]1(O)C=Cc2c(c(O)cc3cc(-c4cc(O)cc(O)c4)oc23)OC1. The van der Waals surface area contributed by atoms with E-state index in [0.29, 0.717) is 27.9 Å². The van der Waals surface area contributed by atoms with Crippen LogP contribution in [0.1, 0.15) is 12.5 Å². The standard InChI is InChI=1S/C19H16O6/c1-19(23)3-2-14-17-11(6-15(22)18(14)24-9-19)7-16(25-17)10-4-12(20)8-13(21)5-10/h2-8,20-23H,9H2,1H3/t19-/m0/s1. The number of benzene rings is 2. The van der Waals surface area contributed by atoms with E-state index in [2.05, 4.69) is 0 Å². The second kappa shape index (κ2) is 5.19. The first kappa shape index (κ1) is 15.4. The number of furan rings is 1. The van der Waals surface area contributed by atoms with Crippen LogP contribution in [0.3, 0.4) is 0 Å². The summed E-state index contributed by atoms with van der Waals surface area (Å²) < 4.78 is 11.4. The summed E-state index contributed by atoms with van der Waals surface area (Å²) >= 11 is 0. The molecule has 0 saturated carbocycles. The number of hydrogen-bond acceptors (Lipinski definition) is 6. The van der Waals surface area contributed by atoms with Gasteiger partial charge in [0, 0.05) is 17.0 Å². The smallest absolute Gasteiger partial charge is 0.172 e. The molecule has 6 nitrogen and oxygen atoms in total. The molecule has 0 spiro atoms. The zero-order chi connectivity index (χ0) is 17.8. The highest BCUT2D eigenvalue weighted by Gasteiger charge is 2.26. The Morgan fingerprint density at radius 3 is 2.44 bits per heavy atom. The third-order valence-electron chi connectivity index (χ3n) is 4.08. The Morgan fingerprint density at radius 2 is 1.72 bits per heavy atom. The van der Waals surface area contributed by atoms with Crippen LogP contribution < -0.4 is 4.74 Å². The summed E-state index contributed by atoms with van der Waals surface area (Å²) in [6.07, 6.45) is 3.23. The predicted molar refractivity (Wildman–Crippen MR) is 91.8 cm³/mol. The van der Waals surface area contributed by atoms with Crippen LogP contribution in [-0.4, -0.2) is 32.6 Å². The minimum Gasteiger partial charge on any atom is -0.508 e. The maximum atomic E-state index is 10.3. The summed E-state index contributed by atoms with van der Waals surface area (Å²) in [7, 11) is 0. The van der Waals surface area contributed by atoms with Crippen LogP contribution in [0.4, 0.5) is 0 Å². The maximum Gasteiger partial charge on any atom is 0.172 e. The second-order valence-electron chi connectivity index (χ2n) is 6.38. The summed E-state index contributed by atoms with van der Waals surface area (Å²) in [6, 6.07) is 7.36. The Bertz CT molecular complexity index is 992. The normalized spacial score (nSPS) is 19.4. The number of ether oxygens (including phenoxy) is 1. The van der Waals surface area contributed by atoms with Crippen LogP contribution in [0.5, 0.6) is 23.0 Å². The number of phenolic OH excluding ortho intramolecular Hbond substituents is 3. The quantitative estimate of drug-likeness (QED) is 0.541. The number of aliphatic hydroxyl groups is 1. The molecule has 3 aromatic rings. The van der Waals surface area contributed by atoms with Crippen molar-refractivity contribution in [3.8, 4) is 34.3 Å². The number of fused-ring (bicyclic) bond motifs is 3. The van der Waals surface area contributed by atoms with Gasteiger partial charge in [-0.2, -0.15) is 0 Å². The lowest BCUT2D eigenvalue weighted by Gasteiger charge is -2.17. The van der Waals surface area contributed by atoms with E-state index in [-0.39, 0.29) is 29.6 Å². The van der Waals surface area contributed by atoms with Gasteiger partial charge in [0.05, 0.1) is 5.56 Å². The molecule has 0 bridgehead atoms. The van der Waals surface area contributed by atoms with Crippen molar-refractivity contribution >= 4 is 17.0 Å². The molecule has 2 aromatic carbocycles. The molecule has 0 aliphatic carbocycles. The van der Waals surface area contributed by atoms with Gasteiger partial charge in [0.1, 0.15) is 35.1 Å². The van der Waals surface area contributed by atoms with Gasteiger partial charge in [-0.3, -0.25) is 0 Å². The fourth-order valence-corrected chi connectivity index (χ4v) is 2.89. The Balaban J connectivity index is 1.94. The fourth-order valence-electron chi connectivity index (χ4n) is 2.89. The van der Waals surface area contributed by atoms with E-state index in [1.165, 1.54) is 24.3 Å². The average Bonchev–Trinajstić information content (AvgIpc) is 2.86. The number of hydrogen-bond donors (Lipinski definition) is 4. The lowest BCUT2D eigenvalue weighted by atomic mass is 10.1. The van der Waals surface area contributed by atoms with Crippen molar-refractivity contribution in [3.05, 3.63) is 42.0 Å². The minimum atomic E-state index is -1.16. The Kier molecular flexibility index (Phi) is 3.20. The van der Waals surface area contributed by atoms with E-state index in [9.17, 15) is 20.4 Å². The summed E-state index contributed by atoms with van der Waals surface area (Å²) in [4.78, 5) is 0. The van der Waals surface area contributed by atoms with Crippen LogP contribution in [-0.2, 0) is 0 Å². The van der Waals surface area contributed by atoms with E-state index in [1.807, 2.05) is 0 Å². The van der Waals surface area contributed by atoms with E-state index in [1.54, 1.807) is 25.1 Å². The highest BCUT2D eigenvalue weighted by Crippen LogP contribution is 2.43. The third kappa shape index (κ3) is 2.66. The van der Waals surface area contributed by atoms with E-state index >= 15 is 0 Å². The van der Waals surface area contributed by atoms with Gasteiger partial charge in [-0.1, -0.05) is 0 Å². The van der Waals surface area contributed by atoms with Crippen LogP contribution in [0.2, 0.25) is 0 Å². The van der Waals surface area contributed by atoms with Gasteiger partial charge < -0.3 is 29.6 Å². The van der Waals surface area contributed by atoms with E-state index in [4.69, 9.17) is 9.15 Å². The molecule has 0 amide bonds. The highest BCUT2D eigenvalue weighted by atomic mass is 16.5. The molecule has 0 saturated heterocycles. The molecule has 2 heterocycles. The number of aromatic hydroxyl groups is 3. The second-order valence-corrected chi connectivity index (χ2v) is 6.38. The van der Waals surface area contributed by atoms with Crippen LogP contribution in [0, 0.1) is 0 Å². The topological polar surface area (TPSA) is 103 Å². The monoisotopic (exact) mass is 340 g/mol. The van der Waals surface area contributed by atoms with Gasteiger partial charge in [0.2, 0.25) is 0 Å². The van der Waals surface area contributed by atoms with Crippen molar-refractivity contribution < 1.29 is 29.6 Å². The molecule has 1 atom stereocenters. The molecule has 1 aliphatic rings. The maximum absolute atomic E-state index is 10.3. The largest absolute Gasteiger partial charge is 0.508 e. The highest BCUT2D eigenvalue weighted by molar-refractivity contribution is 5.94. The molecule has 6 heteroatoms. The lowest BCUT2D eigenvalue weighted by molar-refractivity contribution is 0.0556. The van der Waals surface area contributed by atoms with Crippen LogP contribution in [0.25, 0.3) is 28.4 Å². The zero-order valence-electron chi connectivity index (χ0n) is 13.4. The van der Waals surface area contributed by atoms with Gasteiger partial charge >= 0.3 is 0 Å². The molecule has 0 unspecified atom stereocenters. The van der Waals surface area contributed by atoms with E-state index < -0.39 is 5.60 Å². The fraction of sp³-hybridized carbons (Fsp3) is 0.158. The van der Waals surface area contributed by atoms with Crippen molar-refractivity contribution in [3.63, 3.8) is 0 Å². The van der Waals surface area contributed by atoms with Crippen molar-refractivity contribution in [2.75, 3.05) is 6.61 Å². The molecular formula is C19H16O6. The van der Waals surface area contributed by atoms with Gasteiger partial charge in [-0.05, 0) is 43.3 Å². The molecule has 0 fully saturated rings. The molecular weight excluding hydrogens is 324 g/mol. The minimum absolute atomic E-state index is 0.00353. The van der Waals surface area contributed by atoms with Crippen molar-refractivity contribution in [1.82, 2.24) is 0 Å². The summed E-state index contributed by atoms with van der Waals surface area (Å²) in [5.74, 6) is 0.420. The molecule has 0 radical (unpaired) electrons. The molecule has 1 aliphatic heterocycles. The molecule has 128 valence electrons. The zero-order valence-corrected chi connectivity index (χ0v) is 13.4. The Morgan fingerprint density at radius 1 is 1.00 bits per heavy atom. The summed E-state index contributed by atoms with van der Waals surface area (Å²) in [5.41, 5.74) is 0.319. The average molecular weight is 340 g/mol. The first-order chi connectivity index (χ1) is 11.8. The number of phenols is 3. The van der Waals surface area contributed by atoms with Gasteiger partial charge in [0.15, 0.2) is 11.5 Å². The first-order valence-electron chi connectivity index (χ1n) is 7.70. The molecule has 1 aromatic heterocycles. The molecule has 25 heavy (non-hydrogen) atoms. The molecule has 4 N–H and O–H groups in total.